The van der Waals surface area contributed by atoms with Gasteiger partial charge >= 0.3 is 5.97 Å². The number of esters is 1. The molecule has 0 aromatic heterocycles. The lowest BCUT2D eigenvalue weighted by molar-refractivity contribution is -0.202. The maximum Gasteiger partial charge on any atom is 0.309 e. The predicted octanol–water partition coefficient (Wildman–Crippen LogP) is 6.25. The summed E-state index contributed by atoms with van der Waals surface area (Å²) in [5.41, 5.74) is 1.29. The van der Waals surface area contributed by atoms with Gasteiger partial charge in [-0.25, -0.2) is 0 Å². The molecule has 10 atom stereocenters. The van der Waals surface area contributed by atoms with Crippen LogP contribution in [0.15, 0.2) is 11.6 Å². The number of methoxy groups -OCH3 is 1. The molecule has 0 radical (unpaired) electrons. The van der Waals surface area contributed by atoms with Crippen LogP contribution in [0, 0.1) is 62.6 Å². The average Bonchev–Trinajstić information content (AvgIpc) is 2.94. The van der Waals surface area contributed by atoms with Crippen molar-refractivity contribution in [3.63, 3.8) is 0 Å². The number of rotatable bonds is 6. The number of amides is 1. The molecular weight excluding hydrogens is 526 g/mol. The lowest BCUT2D eigenvalue weighted by Crippen LogP contribution is -2.66. The Kier molecular flexibility index (Phi) is 8.30. The zero-order chi connectivity index (χ0) is 30.9. The van der Waals surface area contributed by atoms with Crippen LogP contribution in [-0.2, 0) is 14.3 Å². The van der Waals surface area contributed by atoms with Gasteiger partial charge in [0.25, 0.3) is 0 Å². The Morgan fingerprint density at radius 1 is 0.905 bits per heavy atom. The van der Waals surface area contributed by atoms with Crippen LogP contribution in [0.25, 0.3) is 0 Å². The summed E-state index contributed by atoms with van der Waals surface area (Å²) < 4.78 is 5.29. The van der Waals surface area contributed by atoms with Gasteiger partial charge < -0.3 is 19.8 Å². The van der Waals surface area contributed by atoms with E-state index >= 15 is 0 Å². The molecule has 0 aromatic carbocycles. The van der Waals surface area contributed by atoms with Gasteiger partial charge in [-0.2, -0.15) is 0 Å². The van der Waals surface area contributed by atoms with Gasteiger partial charge in [-0.05, 0) is 109 Å². The molecule has 5 rings (SSSR count). The molecule has 0 spiro atoms. The topological polar surface area (TPSA) is 87.1 Å². The highest BCUT2D eigenvalue weighted by Crippen LogP contribution is 2.76. The van der Waals surface area contributed by atoms with Crippen molar-refractivity contribution in [2.24, 2.45) is 62.6 Å². The summed E-state index contributed by atoms with van der Waals surface area (Å²) in [5.74, 6) is 2.24. The van der Waals surface area contributed by atoms with Crippen LogP contribution < -0.4 is 0 Å². The molecule has 5 aliphatic carbocycles. The van der Waals surface area contributed by atoms with Gasteiger partial charge in [-0.3, -0.25) is 9.59 Å². The second-order valence-corrected chi connectivity index (χ2v) is 16.5. The number of aliphatic hydroxyl groups excluding tert-OH is 2. The fraction of sp³-hybridized carbons (Fsp3) is 0.889. The standard InChI is InChI=1S/C36H59NO5/c1-23-11-16-36(31(41)37(19-21-38)20-22-39)18-17-34(6)25(29(36)24(23)2)9-10-28-33(5)14-12-26(30(40)42-8)32(3,4)27(33)13-15-35(28,34)7/h9,23-24,26-29,38-39H,10-22H2,1-8H3/t23-,24+,26-,27?,28?,29?,33+,34-,35-,36+/m1/s1. The van der Waals surface area contributed by atoms with E-state index in [1.54, 1.807) is 4.90 Å². The van der Waals surface area contributed by atoms with E-state index in [2.05, 4.69) is 54.5 Å². The molecule has 6 nitrogen and oxygen atoms in total. The summed E-state index contributed by atoms with van der Waals surface area (Å²) in [5, 5.41) is 19.6. The van der Waals surface area contributed by atoms with Gasteiger partial charge in [-0.1, -0.05) is 60.1 Å². The van der Waals surface area contributed by atoms with Gasteiger partial charge in [0.05, 0.1) is 31.7 Å². The molecular formula is C36H59NO5. The molecule has 0 aliphatic heterocycles. The summed E-state index contributed by atoms with van der Waals surface area (Å²) in [4.78, 5) is 29.1. The molecule has 4 saturated carbocycles. The minimum Gasteiger partial charge on any atom is -0.469 e. The summed E-state index contributed by atoms with van der Waals surface area (Å²) in [6.07, 6.45) is 11.7. The predicted molar refractivity (Wildman–Crippen MR) is 165 cm³/mol. The van der Waals surface area contributed by atoms with Crippen molar-refractivity contribution in [3.05, 3.63) is 11.6 Å². The normalized spacial score (nSPS) is 45.8. The second-order valence-electron chi connectivity index (χ2n) is 16.5. The van der Waals surface area contributed by atoms with E-state index < -0.39 is 5.41 Å². The zero-order valence-electron chi connectivity index (χ0n) is 27.8. The van der Waals surface area contributed by atoms with Crippen molar-refractivity contribution in [2.45, 2.75) is 106 Å². The highest BCUT2D eigenvalue weighted by molar-refractivity contribution is 5.84. The SMILES string of the molecule is COC(=O)[C@H]1CC[C@@]2(C)C(CC[C@]3(C)C2CC=C2C4[C@@H](C)[C@H](C)CC[C@]4(C(=O)N(CCO)CCO)CC[C@]23C)C1(C)C. The fourth-order valence-electron chi connectivity index (χ4n) is 12.3. The molecule has 0 bridgehead atoms. The second kappa shape index (κ2) is 10.9. The molecule has 0 heterocycles. The first-order valence-electron chi connectivity index (χ1n) is 17.0. The van der Waals surface area contributed by atoms with Crippen LogP contribution in [0.2, 0.25) is 0 Å². The van der Waals surface area contributed by atoms with Crippen molar-refractivity contribution in [1.82, 2.24) is 4.90 Å². The van der Waals surface area contributed by atoms with Crippen LogP contribution in [0.3, 0.4) is 0 Å². The molecule has 42 heavy (non-hydrogen) atoms. The Hall–Kier alpha value is -1.40. The molecule has 1 amide bonds. The van der Waals surface area contributed by atoms with E-state index in [0.717, 1.165) is 57.8 Å². The van der Waals surface area contributed by atoms with Crippen molar-refractivity contribution < 1.29 is 24.5 Å². The Bertz CT molecular complexity index is 1090. The van der Waals surface area contributed by atoms with E-state index in [0.29, 0.717) is 23.7 Å². The molecule has 0 aromatic rings. The molecule has 0 saturated heterocycles. The van der Waals surface area contributed by atoms with E-state index in [9.17, 15) is 19.8 Å². The van der Waals surface area contributed by atoms with Gasteiger partial charge in [-0.15, -0.1) is 0 Å². The number of ether oxygens (including phenoxy) is 1. The first-order valence-corrected chi connectivity index (χ1v) is 17.0. The van der Waals surface area contributed by atoms with E-state index in [4.69, 9.17) is 4.74 Å². The number of fused-ring (bicyclic) bond motifs is 7. The Balaban J connectivity index is 1.56. The summed E-state index contributed by atoms with van der Waals surface area (Å²) >= 11 is 0. The monoisotopic (exact) mass is 585 g/mol. The molecule has 238 valence electrons. The third-order valence-electron chi connectivity index (χ3n) is 15.0. The third kappa shape index (κ3) is 4.23. The minimum atomic E-state index is -0.452. The van der Waals surface area contributed by atoms with Crippen LogP contribution >= 0.6 is 0 Å². The Morgan fingerprint density at radius 2 is 1.57 bits per heavy atom. The van der Waals surface area contributed by atoms with Crippen LogP contribution in [0.5, 0.6) is 0 Å². The molecule has 2 N–H and O–H groups in total. The van der Waals surface area contributed by atoms with Crippen molar-refractivity contribution in [1.29, 1.82) is 0 Å². The third-order valence-corrected chi connectivity index (χ3v) is 15.0. The molecule has 3 unspecified atom stereocenters. The smallest absolute Gasteiger partial charge is 0.309 e. The zero-order valence-corrected chi connectivity index (χ0v) is 27.8. The number of aliphatic hydroxyl groups is 2. The minimum absolute atomic E-state index is 0.0196. The largest absolute Gasteiger partial charge is 0.469 e. The number of hydrogen-bond donors (Lipinski definition) is 2. The highest BCUT2D eigenvalue weighted by atomic mass is 16.5. The molecule has 6 heteroatoms. The molecule has 5 aliphatic rings. The van der Waals surface area contributed by atoms with Crippen molar-refractivity contribution in [3.8, 4) is 0 Å². The number of nitrogens with zero attached hydrogens (tertiary/aromatic N) is 1. The summed E-state index contributed by atoms with van der Waals surface area (Å²) in [6, 6.07) is 0. The maximum absolute atomic E-state index is 14.5. The van der Waals surface area contributed by atoms with E-state index in [-0.39, 0.29) is 71.7 Å². The summed E-state index contributed by atoms with van der Waals surface area (Å²) in [7, 11) is 1.53. The number of carbonyl (C=O) groups excluding carboxylic acids is 2. The fourth-order valence-corrected chi connectivity index (χ4v) is 12.3. The lowest BCUT2D eigenvalue weighted by Gasteiger charge is -2.71. The quantitative estimate of drug-likeness (QED) is 0.284. The van der Waals surface area contributed by atoms with Gasteiger partial charge in [0.1, 0.15) is 0 Å². The highest BCUT2D eigenvalue weighted by Gasteiger charge is 2.70. The van der Waals surface area contributed by atoms with Crippen LogP contribution in [-0.4, -0.2) is 60.4 Å². The van der Waals surface area contributed by atoms with E-state index in [1.165, 1.54) is 12.7 Å². The first-order chi connectivity index (χ1) is 19.7. The summed E-state index contributed by atoms with van der Waals surface area (Å²) in [6.45, 7) is 17.5. The van der Waals surface area contributed by atoms with Crippen molar-refractivity contribution in [2.75, 3.05) is 33.4 Å². The number of hydrogen-bond acceptors (Lipinski definition) is 5. The van der Waals surface area contributed by atoms with Gasteiger partial charge in [0, 0.05) is 13.1 Å². The first kappa shape index (κ1) is 32.0. The lowest BCUT2D eigenvalue weighted by atomic mass is 9.33. The Morgan fingerprint density at radius 3 is 2.19 bits per heavy atom. The Labute approximate surface area is 255 Å². The maximum atomic E-state index is 14.5. The van der Waals surface area contributed by atoms with Crippen LogP contribution in [0.1, 0.15) is 106 Å². The van der Waals surface area contributed by atoms with Gasteiger partial charge in [0.15, 0.2) is 0 Å². The van der Waals surface area contributed by atoms with E-state index in [1.807, 2.05) is 0 Å². The number of allylic oxidation sites excluding steroid dienone is 2. The van der Waals surface area contributed by atoms with Crippen molar-refractivity contribution >= 4 is 11.9 Å². The number of carbonyl (C=O) groups is 2. The van der Waals surface area contributed by atoms with Gasteiger partial charge in [0.2, 0.25) is 5.91 Å². The average molecular weight is 586 g/mol. The molecule has 4 fully saturated rings. The van der Waals surface area contributed by atoms with Crippen LogP contribution in [0.4, 0.5) is 0 Å².